The average molecular weight is 346 g/mol. The van der Waals surface area contributed by atoms with Gasteiger partial charge in [-0.25, -0.2) is 8.42 Å². The maximum Gasteiger partial charge on any atom is 0.261 e. The van der Waals surface area contributed by atoms with E-state index >= 15 is 0 Å². The molecular weight excluding hydrogens is 334 g/mol. The lowest BCUT2D eigenvalue weighted by atomic mass is 10.1. The van der Waals surface area contributed by atoms with Gasteiger partial charge in [-0.1, -0.05) is 11.6 Å². The molecule has 1 aromatic carbocycles. The lowest BCUT2D eigenvalue weighted by Crippen LogP contribution is -2.13. The van der Waals surface area contributed by atoms with Gasteiger partial charge in [0.2, 0.25) is 0 Å². The number of hydrogen-bond acceptors (Lipinski definition) is 4. The van der Waals surface area contributed by atoms with Gasteiger partial charge in [-0.05, 0) is 48.0 Å². The van der Waals surface area contributed by atoms with Gasteiger partial charge >= 0.3 is 0 Å². The highest BCUT2D eigenvalue weighted by Gasteiger charge is 2.14. The molecular formula is C16H12ClN3O2S. The van der Waals surface area contributed by atoms with Crippen LogP contribution in [0.3, 0.4) is 0 Å². The van der Waals surface area contributed by atoms with Crippen molar-refractivity contribution in [2.45, 2.75) is 4.90 Å². The number of nitrogens with one attached hydrogen (secondary N) is 1. The van der Waals surface area contributed by atoms with Crippen LogP contribution in [-0.4, -0.2) is 18.4 Å². The fraction of sp³-hybridized carbons (Fsp3) is 0. The largest absolute Gasteiger partial charge is 0.278 e. The summed E-state index contributed by atoms with van der Waals surface area (Å²) in [6.07, 6.45) is 6.45. The van der Waals surface area contributed by atoms with Crippen molar-refractivity contribution in [3.05, 3.63) is 72.3 Å². The van der Waals surface area contributed by atoms with Gasteiger partial charge in [-0.3, -0.25) is 14.7 Å². The Kier molecular flexibility index (Phi) is 4.27. The zero-order chi connectivity index (χ0) is 16.3. The van der Waals surface area contributed by atoms with Crippen molar-refractivity contribution in [3.8, 4) is 11.1 Å². The van der Waals surface area contributed by atoms with E-state index < -0.39 is 10.0 Å². The Hall–Kier alpha value is -2.44. The minimum Gasteiger partial charge on any atom is -0.278 e. The zero-order valence-corrected chi connectivity index (χ0v) is 13.4. The second-order valence-electron chi connectivity index (χ2n) is 4.76. The van der Waals surface area contributed by atoms with Crippen LogP contribution in [0.1, 0.15) is 0 Å². The Morgan fingerprint density at radius 3 is 2.26 bits per heavy atom. The summed E-state index contributed by atoms with van der Waals surface area (Å²) >= 11 is 5.78. The smallest absolute Gasteiger partial charge is 0.261 e. The molecule has 0 aliphatic carbocycles. The van der Waals surface area contributed by atoms with Crippen LogP contribution in [-0.2, 0) is 10.0 Å². The number of nitrogens with zero attached hydrogens (tertiary/aromatic N) is 2. The SMILES string of the molecule is O=S(=O)(Nc1cncc(-c2ccncc2)c1)c1ccc(Cl)cc1. The van der Waals surface area contributed by atoms with Crippen molar-refractivity contribution in [2.24, 2.45) is 0 Å². The molecule has 0 radical (unpaired) electrons. The van der Waals surface area contributed by atoms with Crippen molar-refractivity contribution in [3.63, 3.8) is 0 Å². The second kappa shape index (κ2) is 6.36. The quantitative estimate of drug-likeness (QED) is 0.784. The fourth-order valence-electron chi connectivity index (χ4n) is 2.03. The summed E-state index contributed by atoms with van der Waals surface area (Å²) in [5.41, 5.74) is 2.08. The van der Waals surface area contributed by atoms with Crippen molar-refractivity contribution in [2.75, 3.05) is 4.72 Å². The van der Waals surface area contributed by atoms with Gasteiger partial charge in [0.05, 0.1) is 16.8 Å². The molecule has 0 spiro atoms. The standard InChI is InChI=1S/C16H12ClN3O2S/c17-14-1-3-16(4-2-14)23(21,22)20-15-9-13(10-19-11-15)12-5-7-18-8-6-12/h1-11,20H. The van der Waals surface area contributed by atoms with Gasteiger partial charge in [-0.15, -0.1) is 0 Å². The molecule has 0 bridgehead atoms. The third-order valence-electron chi connectivity index (χ3n) is 3.13. The topological polar surface area (TPSA) is 72.0 Å². The van der Waals surface area contributed by atoms with Crippen LogP contribution in [0.5, 0.6) is 0 Å². The fourth-order valence-corrected chi connectivity index (χ4v) is 3.19. The monoisotopic (exact) mass is 345 g/mol. The Morgan fingerprint density at radius 2 is 1.57 bits per heavy atom. The van der Waals surface area contributed by atoms with Crippen LogP contribution in [0.15, 0.2) is 72.1 Å². The van der Waals surface area contributed by atoms with E-state index in [1.54, 1.807) is 24.7 Å². The summed E-state index contributed by atoms with van der Waals surface area (Å²) in [6, 6.07) is 11.3. The third-order valence-corrected chi connectivity index (χ3v) is 4.78. The Labute approximate surface area is 139 Å². The normalized spacial score (nSPS) is 11.2. The summed E-state index contributed by atoms with van der Waals surface area (Å²) in [5, 5.41) is 0.477. The Balaban J connectivity index is 1.90. The molecule has 2 aromatic heterocycles. The van der Waals surface area contributed by atoms with E-state index in [-0.39, 0.29) is 4.90 Å². The minimum absolute atomic E-state index is 0.135. The summed E-state index contributed by atoms with van der Waals surface area (Å²) in [7, 11) is -3.69. The number of halogens is 1. The molecule has 116 valence electrons. The summed E-state index contributed by atoms with van der Waals surface area (Å²) < 4.78 is 27.3. The molecule has 0 aliphatic rings. The van der Waals surface area contributed by atoms with Crippen LogP contribution in [0.2, 0.25) is 5.02 Å². The van der Waals surface area contributed by atoms with Crippen molar-refractivity contribution in [1.29, 1.82) is 0 Å². The molecule has 0 fully saturated rings. The van der Waals surface area contributed by atoms with E-state index in [2.05, 4.69) is 14.7 Å². The predicted molar refractivity (Wildman–Crippen MR) is 89.7 cm³/mol. The Bertz CT molecular complexity index is 914. The molecule has 5 nitrogen and oxygen atoms in total. The second-order valence-corrected chi connectivity index (χ2v) is 6.88. The molecule has 0 saturated heterocycles. The number of aromatic nitrogens is 2. The van der Waals surface area contributed by atoms with E-state index in [0.717, 1.165) is 11.1 Å². The lowest BCUT2D eigenvalue weighted by Gasteiger charge is -2.09. The molecule has 0 aliphatic heterocycles. The van der Waals surface area contributed by atoms with Crippen LogP contribution in [0.25, 0.3) is 11.1 Å². The molecule has 23 heavy (non-hydrogen) atoms. The summed E-state index contributed by atoms with van der Waals surface area (Å²) in [4.78, 5) is 8.18. The maximum absolute atomic E-state index is 12.4. The van der Waals surface area contributed by atoms with Gasteiger partial charge in [0.1, 0.15) is 0 Å². The number of sulfonamides is 1. The third kappa shape index (κ3) is 3.67. The summed E-state index contributed by atoms with van der Waals surface area (Å²) in [6.45, 7) is 0. The van der Waals surface area contributed by atoms with Crippen LogP contribution in [0.4, 0.5) is 5.69 Å². The first-order valence-corrected chi connectivity index (χ1v) is 8.54. The molecule has 1 N–H and O–H groups in total. The molecule has 3 rings (SSSR count). The van der Waals surface area contributed by atoms with Crippen LogP contribution in [0, 0.1) is 0 Å². The number of hydrogen-bond donors (Lipinski definition) is 1. The van der Waals surface area contributed by atoms with E-state index in [4.69, 9.17) is 11.6 Å². The van der Waals surface area contributed by atoms with Crippen LogP contribution < -0.4 is 4.72 Å². The first kappa shape index (κ1) is 15.5. The average Bonchev–Trinajstić information content (AvgIpc) is 2.56. The number of pyridine rings is 2. The van der Waals surface area contributed by atoms with Gasteiger partial charge in [0.25, 0.3) is 10.0 Å². The highest BCUT2D eigenvalue weighted by Crippen LogP contribution is 2.23. The Morgan fingerprint density at radius 1 is 0.870 bits per heavy atom. The maximum atomic E-state index is 12.4. The first-order valence-electron chi connectivity index (χ1n) is 6.68. The van der Waals surface area contributed by atoms with Gasteiger partial charge in [-0.2, -0.15) is 0 Å². The first-order chi connectivity index (χ1) is 11.0. The highest BCUT2D eigenvalue weighted by atomic mass is 35.5. The number of rotatable bonds is 4. The molecule has 7 heteroatoms. The van der Waals surface area contributed by atoms with E-state index in [1.165, 1.54) is 30.5 Å². The predicted octanol–water partition coefficient (Wildman–Crippen LogP) is 3.60. The van der Waals surface area contributed by atoms with Crippen molar-refractivity contribution < 1.29 is 8.42 Å². The summed E-state index contributed by atoms with van der Waals surface area (Å²) in [5.74, 6) is 0. The molecule has 0 amide bonds. The minimum atomic E-state index is -3.69. The number of anilines is 1. The molecule has 0 atom stereocenters. The van der Waals surface area contributed by atoms with E-state index in [0.29, 0.717) is 10.7 Å². The highest BCUT2D eigenvalue weighted by molar-refractivity contribution is 7.92. The zero-order valence-electron chi connectivity index (χ0n) is 11.8. The van der Waals surface area contributed by atoms with Crippen molar-refractivity contribution in [1.82, 2.24) is 9.97 Å². The van der Waals surface area contributed by atoms with Gasteiger partial charge in [0, 0.05) is 29.2 Å². The molecule has 2 heterocycles. The molecule has 0 saturated carbocycles. The van der Waals surface area contributed by atoms with Gasteiger partial charge < -0.3 is 0 Å². The van der Waals surface area contributed by atoms with E-state index in [1.807, 2.05) is 12.1 Å². The van der Waals surface area contributed by atoms with Crippen LogP contribution >= 0.6 is 11.6 Å². The van der Waals surface area contributed by atoms with Crippen molar-refractivity contribution >= 4 is 27.3 Å². The van der Waals surface area contributed by atoms with Gasteiger partial charge in [0.15, 0.2) is 0 Å². The van der Waals surface area contributed by atoms with E-state index in [9.17, 15) is 8.42 Å². The number of benzene rings is 1. The molecule has 0 unspecified atom stereocenters. The lowest BCUT2D eigenvalue weighted by molar-refractivity contribution is 0.601. The molecule has 3 aromatic rings.